The highest BCUT2D eigenvalue weighted by molar-refractivity contribution is 4.73. The maximum absolute atomic E-state index is 8.86. The van der Waals surface area contributed by atoms with E-state index in [0.717, 1.165) is 26.2 Å². The maximum atomic E-state index is 8.86. The Kier molecular flexibility index (Phi) is 19.0. The normalized spacial score (nSPS) is 12.9. The van der Waals surface area contributed by atoms with E-state index in [1.54, 1.807) is 0 Å². The van der Waals surface area contributed by atoms with Crippen LogP contribution in [-0.2, 0) is 4.74 Å². The fourth-order valence-electron chi connectivity index (χ4n) is 3.20. The molecule has 0 rings (SSSR count). The van der Waals surface area contributed by atoms with Crippen molar-refractivity contribution in [2.75, 3.05) is 46.5 Å². The third kappa shape index (κ3) is 14.2. The second-order valence-electron chi connectivity index (χ2n) is 6.83. The first kappa shape index (κ1) is 23.8. The molecule has 0 aliphatic carbocycles. The smallest absolute Gasteiger partial charge is 0.0698 e. The molecule has 0 bridgehead atoms. The summed E-state index contributed by atoms with van der Waals surface area (Å²) in [6.07, 6.45) is 13.4. The lowest BCUT2D eigenvalue weighted by Gasteiger charge is -2.32. The van der Waals surface area contributed by atoms with Gasteiger partial charge in [0.1, 0.15) is 0 Å². The van der Waals surface area contributed by atoms with Crippen molar-refractivity contribution in [2.24, 2.45) is 0 Å². The summed E-state index contributed by atoms with van der Waals surface area (Å²) in [5.74, 6) is 0. The molecule has 0 heterocycles. The molecule has 0 fully saturated rings. The second kappa shape index (κ2) is 19.2. The minimum atomic E-state index is 0.119. The third-order valence-corrected chi connectivity index (χ3v) is 4.71. The predicted molar refractivity (Wildman–Crippen MR) is 105 cm³/mol. The van der Waals surface area contributed by atoms with E-state index in [1.165, 1.54) is 64.2 Å². The minimum absolute atomic E-state index is 0.119. The Morgan fingerprint density at radius 2 is 1.50 bits per heavy atom. The Hall–Kier alpha value is -0.160. The Morgan fingerprint density at radius 3 is 2.12 bits per heavy atom. The van der Waals surface area contributed by atoms with Gasteiger partial charge in [-0.3, -0.25) is 4.90 Å². The van der Waals surface area contributed by atoms with E-state index in [9.17, 15) is 0 Å². The van der Waals surface area contributed by atoms with Gasteiger partial charge in [-0.15, -0.1) is 0 Å². The van der Waals surface area contributed by atoms with Crippen LogP contribution in [0.1, 0.15) is 78.1 Å². The van der Waals surface area contributed by atoms with Gasteiger partial charge in [0, 0.05) is 25.7 Å². The lowest BCUT2D eigenvalue weighted by Crippen LogP contribution is -2.41. The van der Waals surface area contributed by atoms with Gasteiger partial charge < -0.3 is 15.2 Å². The number of likely N-dealkylation sites (N-methyl/N-ethyl adjacent to an activating group) is 1. The monoisotopic (exact) mass is 344 g/mol. The maximum Gasteiger partial charge on any atom is 0.0698 e. The zero-order valence-electron chi connectivity index (χ0n) is 16.7. The molecule has 0 aromatic rings. The van der Waals surface area contributed by atoms with E-state index in [4.69, 9.17) is 9.84 Å². The molecule has 0 aliphatic heterocycles. The number of unbranched alkanes of at least 4 members (excludes halogenated alkanes) is 6. The molecule has 0 saturated carbocycles. The van der Waals surface area contributed by atoms with Gasteiger partial charge in [0.05, 0.1) is 19.8 Å². The van der Waals surface area contributed by atoms with Crippen molar-refractivity contribution in [3.05, 3.63) is 0 Å². The fourth-order valence-corrected chi connectivity index (χ4v) is 3.20. The molecular weight excluding hydrogens is 300 g/mol. The first-order valence-electron chi connectivity index (χ1n) is 10.4. The number of aliphatic hydroxyl groups excluding tert-OH is 1. The average Bonchev–Trinajstić information content (AvgIpc) is 2.60. The van der Waals surface area contributed by atoms with E-state index in [-0.39, 0.29) is 6.61 Å². The highest BCUT2D eigenvalue weighted by Crippen LogP contribution is 2.17. The number of hydrogen-bond acceptors (Lipinski definition) is 4. The molecule has 2 N–H and O–H groups in total. The Bertz CT molecular complexity index is 240. The van der Waals surface area contributed by atoms with Crippen LogP contribution >= 0.6 is 0 Å². The van der Waals surface area contributed by atoms with Crippen LogP contribution in [0.15, 0.2) is 0 Å². The summed E-state index contributed by atoms with van der Waals surface area (Å²) in [6.45, 7) is 8.95. The molecule has 0 amide bonds. The van der Waals surface area contributed by atoms with Crippen molar-refractivity contribution < 1.29 is 9.84 Å². The molecule has 4 nitrogen and oxygen atoms in total. The topological polar surface area (TPSA) is 44.7 Å². The van der Waals surface area contributed by atoms with E-state index < -0.39 is 0 Å². The highest BCUT2D eigenvalue weighted by Gasteiger charge is 2.17. The summed E-state index contributed by atoms with van der Waals surface area (Å²) in [5, 5.41) is 12.1. The molecule has 146 valence electrons. The summed E-state index contributed by atoms with van der Waals surface area (Å²) in [5.41, 5.74) is 0. The minimum Gasteiger partial charge on any atom is -0.394 e. The number of nitrogens with one attached hydrogen (secondary N) is 1. The zero-order valence-corrected chi connectivity index (χ0v) is 16.7. The van der Waals surface area contributed by atoms with Crippen LogP contribution < -0.4 is 5.32 Å². The average molecular weight is 345 g/mol. The van der Waals surface area contributed by atoms with E-state index in [1.807, 2.05) is 7.05 Å². The standard InChI is InChI=1S/C20H44N2O2/c1-4-6-8-9-11-13-20(12-10-7-5-2)22(15-14-21-3)16-18-24-19-17-23/h20-21,23H,4-19H2,1-3H3. The van der Waals surface area contributed by atoms with E-state index in [0.29, 0.717) is 12.6 Å². The zero-order chi connectivity index (χ0) is 17.9. The molecule has 0 aromatic heterocycles. The van der Waals surface area contributed by atoms with Gasteiger partial charge in [0.25, 0.3) is 0 Å². The number of ether oxygens (including phenoxy) is 1. The molecule has 4 heteroatoms. The number of aliphatic hydroxyl groups is 1. The SMILES string of the molecule is CCCCCCCC(CCCCC)N(CCNC)CCOCCO. The van der Waals surface area contributed by atoms with Gasteiger partial charge in [-0.05, 0) is 19.9 Å². The summed E-state index contributed by atoms with van der Waals surface area (Å²) in [4.78, 5) is 2.61. The molecule has 1 atom stereocenters. The van der Waals surface area contributed by atoms with E-state index in [2.05, 4.69) is 24.1 Å². The number of hydrogen-bond donors (Lipinski definition) is 2. The van der Waals surface area contributed by atoms with Crippen molar-refractivity contribution >= 4 is 0 Å². The van der Waals surface area contributed by atoms with Crippen molar-refractivity contribution in [2.45, 2.75) is 84.1 Å². The van der Waals surface area contributed by atoms with Crippen LogP contribution in [0.4, 0.5) is 0 Å². The highest BCUT2D eigenvalue weighted by atomic mass is 16.5. The quantitative estimate of drug-likeness (QED) is 0.350. The predicted octanol–water partition coefficient (Wildman–Crippen LogP) is 3.83. The summed E-state index contributed by atoms with van der Waals surface area (Å²) < 4.78 is 5.51. The van der Waals surface area contributed by atoms with Gasteiger partial charge in [-0.25, -0.2) is 0 Å². The van der Waals surface area contributed by atoms with E-state index >= 15 is 0 Å². The Morgan fingerprint density at radius 1 is 0.875 bits per heavy atom. The number of rotatable bonds is 19. The van der Waals surface area contributed by atoms with Gasteiger partial charge in [0.2, 0.25) is 0 Å². The fraction of sp³-hybridized carbons (Fsp3) is 1.00. The summed E-state index contributed by atoms with van der Waals surface area (Å²) >= 11 is 0. The van der Waals surface area contributed by atoms with Crippen LogP contribution in [-0.4, -0.2) is 62.6 Å². The molecule has 0 radical (unpaired) electrons. The molecule has 1 unspecified atom stereocenters. The lowest BCUT2D eigenvalue weighted by atomic mass is 9.99. The second-order valence-corrected chi connectivity index (χ2v) is 6.83. The van der Waals surface area contributed by atoms with Crippen molar-refractivity contribution in [1.82, 2.24) is 10.2 Å². The largest absolute Gasteiger partial charge is 0.394 e. The van der Waals surface area contributed by atoms with Crippen LogP contribution in [0.3, 0.4) is 0 Å². The first-order chi connectivity index (χ1) is 11.8. The van der Waals surface area contributed by atoms with Crippen molar-refractivity contribution in [1.29, 1.82) is 0 Å². The number of nitrogens with zero attached hydrogens (tertiary/aromatic N) is 1. The van der Waals surface area contributed by atoms with Crippen LogP contribution in [0.5, 0.6) is 0 Å². The van der Waals surface area contributed by atoms with Crippen LogP contribution in [0.2, 0.25) is 0 Å². The van der Waals surface area contributed by atoms with Crippen molar-refractivity contribution in [3.8, 4) is 0 Å². The molecule has 0 spiro atoms. The van der Waals surface area contributed by atoms with Gasteiger partial charge in [-0.2, -0.15) is 0 Å². The molecule has 0 aromatic carbocycles. The van der Waals surface area contributed by atoms with Gasteiger partial charge in [-0.1, -0.05) is 65.2 Å². The first-order valence-corrected chi connectivity index (χ1v) is 10.4. The molecule has 0 saturated heterocycles. The summed E-state index contributed by atoms with van der Waals surface area (Å²) in [7, 11) is 2.03. The van der Waals surface area contributed by atoms with Gasteiger partial charge in [0.15, 0.2) is 0 Å². The Balaban J connectivity index is 4.38. The van der Waals surface area contributed by atoms with Crippen LogP contribution in [0, 0.1) is 0 Å². The van der Waals surface area contributed by atoms with Gasteiger partial charge >= 0.3 is 0 Å². The molecular formula is C20H44N2O2. The molecule has 0 aliphatic rings. The molecule has 24 heavy (non-hydrogen) atoms. The van der Waals surface area contributed by atoms with Crippen LogP contribution in [0.25, 0.3) is 0 Å². The third-order valence-electron chi connectivity index (χ3n) is 4.71. The lowest BCUT2D eigenvalue weighted by molar-refractivity contribution is 0.0597. The van der Waals surface area contributed by atoms with Crippen molar-refractivity contribution in [3.63, 3.8) is 0 Å². The Labute approximate surface area is 151 Å². The summed E-state index contributed by atoms with van der Waals surface area (Å²) in [6, 6.07) is 0.684.